The van der Waals surface area contributed by atoms with Gasteiger partial charge in [0, 0.05) is 43.7 Å². The summed E-state index contributed by atoms with van der Waals surface area (Å²) in [5.74, 6) is 2.27. The number of thiocarbonyl (C=S) groups is 1. The van der Waals surface area contributed by atoms with Crippen LogP contribution in [0.25, 0.3) is 0 Å². The molecule has 1 aliphatic rings. The first kappa shape index (κ1) is 25.8. The minimum absolute atomic E-state index is 0.638. The third-order valence-electron chi connectivity index (χ3n) is 5.49. The molecule has 1 aromatic heterocycles. The molecule has 10 heteroatoms. The Bertz CT molecular complexity index is 1160. The molecule has 4 rings (SSSR count). The van der Waals surface area contributed by atoms with E-state index in [1.807, 2.05) is 48.5 Å². The van der Waals surface area contributed by atoms with Gasteiger partial charge in [0.05, 0.1) is 19.4 Å². The zero-order valence-corrected chi connectivity index (χ0v) is 21.6. The van der Waals surface area contributed by atoms with E-state index in [1.54, 1.807) is 6.21 Å². The second kappa shape index (κ2) is 13.7. The van der Waals surface area contributed by atoms with Gasteiger partial charge >= 0.3 is 0 Å². The van der Waals surface area contributed by atoms with Crippen LogP contribution in [0, 0.1) is 0 Å². The van der Waals surface area contributed by atoms with Gasteiger partial charge < -0.3 is 20.3 Å². The van der Waals surface area contributed by atoms with Crippen molar-refractivity contribution in [2.45, 2.75) is 19.4 Å². The quantitative estimate of drug-likeness (QED) is 0.159. The van der Waals surface area contributed by atoms with Crippen LogP contribution in [0.4, 0.5) is 11.6 Å². The third kappa shape index (κ3) is 8.44. The zero-order valence-electron chi connectivity index (χ0n) is 20.0. The van der Waals surface area contributed by atoms with Gasteiger partial charge in [-0.25, -0.2) is 9.97 Å². The molecule has 0 spiro atoms. The van der Waals surface area contributed by atoms with E-state index in [-0.39, 0.29) is 0 Å². The number of anilines is 2. The molecule has 3 N–H and O–H groups in total. The van der Waals surface area contributed by atoms with Gasteiger partial charge in [-0.15, -0.1) is 0 Å². The van der Waals surface area contributed by atoms with E-state index >= 15 is 0 Å². The minimum Gasteiger partial charge on any atom is -0.378 e. The summed E-state index contributed by atoms with van der Waals surface area (Å²) in [4.78, 5) is 11.7. The van der Waals surface area contributed by atoms with Crippen molar-refractivity contribution >= 4 is 46.8 Å². The molecule has 1 saturated heterocycles. The van der Waals surface area contributed by atoms with Crippen LogP contribution in [0.1, 0.15) is 23.4 Å². The number of morpholine rings is 1. The van der Waals surface area contributed by atoms with Crippen LogP contribution in [0.5, 0.6) is 0 Å². The maximum atomic E-state index is 6.06. The summed E-state index contributed by atoms with van der Waals surface area (Å²) in [6.45, 7) is 4.39. The Morgan fingerprint density at radius 1 is 1.06 bits per heavy atom. The Balaban J connectivity index is 1.32. The summed E-state index contributed by atoms with van der Waals surface area (Å²) in [6, 6.07) is 19.6. The molecule has 1 aliphatic heterocycles. The second-order valence-corrected chi connectivity index (χ2v) is 9.10. The molecule has 0 saturated carbocycles. The van der Waals surface area contributed by atoms with E-state index in [9.17, 15) is 0 Å². The maximum absolute atomic E-state index is 6.06. The molecule has 188 valence electrons. The van der Waals surface area contributed by atoms with E-state index in [0.717, 1.165) is 43.3 Å². The molecule has 8 nitrogen and oxygen atoms in total. The van der Waals surface area contributed by atoms with Gasteiger partial charge in [-0.3, -0.25) is 5.43 Å². The predicted octanol–water partition coefficient (Wildman–Crippen LogP) is 4.01. The van der Waals surface area contributed by atoms with Crippen molar-refractivity contribution in [1.82, 2.24) is 20.6 Å². The molecule has 2 heterocycles. The number of benzene rings is 2. The number of hydrogen-bond acceptors (Lipinski definition) is 7. The van der Waals surface area contributed by atoms with E-state index in [2.05, 4.69) is 43.2 Å². The lowest BCUT2D eigenvalue weighted by Gasteiger charge is -2.28. The van der Waals surface area contributed by atoms with Gasteiger partial charge in [0.15, 0.2) is 10.9 Å². The lowest BCUT2D eigenvalue weighted by Crippen LogP contribution is -2.37. The van der Waals surface area contributed by atoms with Gasteiger partial charge in [-0.05, 0) is 41.9 Å². The smallest absolute Gasteiger partial charge is 0.166 e. The molecule has 0 amide bonds. The largest absolute Gasteiger partial charge is 0.378 e. The highest BCUT2D eigenvalue weighted by atomic mass is 35.5. The predicted molar refractivity (Wildman–Crippen MR) is 150 cm³/mol. The molecular formula is C26H30ClN7OS. The lowest BCUT2D eigenvalue weighted by atomic mass is 10.2. The van der Waals surface area contributed by atoms with Crippen LogP contribution >= 0.6 is 23.8 Å². The summed E-state index contributed by atoms with van der Waals surface area (Å²) in [7, 11) is 0. The van der Waals surface area contributed by atoms with Crippen LogP contribution in [0.2, 0.25) is 5.02 Å². The van der Waals surface area contributed by atoms with Gasteiger partial charge in [0.1, 0.15) is 11.6 Å². The first-order chi connectivity index (χ1) is 17.7. The Morgan fingerprint density at radius 2 is 1.89 bits per heavy atom. The van der Waals surface area contributed by atoms with Gasteiger partial charge in [-0.2, -0.15) is 5.10 Å². The van der Waals surface area contributed by atoms with Crippen molar-refractivity contribution in [3.8, 4) is 0 Å². The van der Waals surface area contributed by atoms with Crippen LogP contribution in [-0.4, -0.2) is 54.1 Å². The number of hydrazone groups is 1. The number of nitrogens with one attached hydrogen (secondary N) is 3. The number of hydrogen-bond donors (Lipinski definition) is 3. The average Bonchev–Trinajstić information content (AvgIpc) is 2.91. The lowest BCUT2D eigenvalue weighted by molar-refractivity contribution is 0.122. The summed E-state index contributed by atoms with van der Waals surface area (Å²) in [6.07, 6.45) is 3.26. The SMILES string of the molecule is S=C(NCCCc1nc(NN=Cc2cccc(Cl)c2)cc(N2CCOCC2)n1)NCc1ccccc1. The molecule has 1 fully saturated rings. The fourth-order valence-corrected chi connectivity index (χ4v) is 4.03. The standard InChI is InChI=1S/C26H30ClN7OS/c27-22-9-4-8-21(16-22)19-30-33-24-17-25(34-12-14-35-15-13-34)32-23(31-24)10-5-11-28-26(36)29-18-20-6-2-1-3-7-20/h1-4,6-9,16-17,19H,5,10-15,18H2,(H2,28,29,36)(H,31,32,33). The van der Waals surface area contributed by atoms with Gasteiger partial charge in [-0.1, -0.05) is 54.1 Å². The van der Waals surface area contributed by atoms with Crippen molar-refractivity contribution in [2.75, 3.05) is 43.2 Å². The number of ether oxygens (including phenoxy) is 1. The van der Waals surface area contributed by atoms with E-state index in [0.29, 0.717) is 42.1 Å². The van der Waals surface area contributed by atoms with Crippen molar-refractivity contribution < 1.29 is 4.74 Å². The topological polar surface area (TPSA) is 86.7 Å². The van der Waals surface area contributed by atoms with Crippen molar-refractivity contribution in [1.29, 1.82) is 0 Å². The molecule has 3 aromatic rings. The monoisotopic (exact) mass is 523 g/mol. The van der Waals surface area contributed by atoms with Crippen molar-refractivity contribution in [2.24, 2.45) is 5.10 Å². The fraction of sp³-hybridized carbons (Fsp3) is 0.308. The number of halogens is 1. The summed E-state index contributed by atoms with van der Waals surface area (Å²) >= 11 is 11.5. The molecule has 0 atom stereocenters. The molecule has 0 bridgehead atoms. The number of nitrogens with zero attached hydrogens (tertiary/aromatic N) is 4. The third-order valence-corrected chi connectivity index (χ3v) is 6.02. The van der Waals surface area contributed by atoms with Crippen LogP contribution in [0.15, 0.2) is 65.8 Å². The van der Waals surface area contributed by atoms with Crippen molar-refractivity contribution in [3.05, 3.63) is 82.6 Å². The highest BCUT2D eigenvalue weighted by Crippen LogP contribution is 2.18. The Labute approximate surface area is 222 Å². The number of rotatable bonds is 10. The van der Waals surface area contributed by atoms with E-state index in [4.69, 9.17) is 33.5 Å². The van der Waals surface area contributed by atoms with Gasteiger partial charge in [0.25, 0.3) is 0 Å². The fourth-order valence-electron chi connectivity index (χ4n) is 3.66. The Hall–Kier alpha value is -3.27. The molecule has 0 unspecified atom stereocenters. The summed E-state index contributed by atoms with van der Waals surface area (Å²) in [5, 5.41) is 12.1. The minimum atomic E-state index is 0.638. The van der Waals surface area contributed by atoms with Gasteiger partial charge in [0.2, 0.25) is 0 Å². The zero-order chi connectivity index (χ0) is 25.0. The molecule has 0 aliphatic carbocycles. The van der Waals surface area contributed by atoms with Crippen LogP contribution in [0.3, 0.4) is 0 Å². The average molecular weight is 524 g/mol. The van der Waals surface area contributed by atoms with E-state index < -0.39 is 0 Å². The molecule has 2 aromatic carbocycles. The highest BCUT2D eigenvalue weighted by Gasteiger charge is 2.15. The first-order valence-corrected chi connectivity index (χ1v) is 12.8. The van der Waals surface area contributed by atoms with Crippen molar-refractivity contribution in [3.63, 3.8) is 0 Å². The maximum Gasteiger partial charge on any atom is 0.166 e. The van der Waals surface area contributed by atoms with E-state index in [1.165, 1.54) is 5.56 Å². The second-order valence-electron chi connectivity index (χ2n) is 8.25. The summed E-state index contributed by atoms with van der Waals surface area (Å²) < 4.78 is 5.49. The normalized spacial score (nSPS) is 13.5. The molecule has 0 radical (unpaired) electrons. The Morgan fingerprint density at radius 3 is 2.69 bits per heavy atom. The highest BCUT2D eigenvalue weighted by molar-refractivity contribution is 7.80. The number of aromatic nitrogens is 2. The number of aryl methyl sites for hydroxylation is 1. The Kier molecular flexibility index (Phi) is 9.84. The summed E-state index contributed by atoms with van der Waals surface area (Å²) in [5.41, 5.74) is 5.14. The van der Waals surface area contributed by atoms with Crippen LogP contribution in [-0.2, 0) is 17.7 Å². The first-order valence-electron chi connectivity index (χ1n) is 12.0. The van der Waals surface area contributed by atoms with Crippen LogP contribution < -0.4 is 21.0 Å². The molecular weight excluding hydrogens is 494 g/mol. The molecule has 36 heavy (non-hydrogen) atoms.